The van der Waals surface area contributed by atoms with E-state index in [9.17, 15) is 14.2 Å². The number of halogens is 1. The molecule has 65 heavy (non-hydrogen) atoms. The van der Waals surface area contributed by atoms with Crippen LogP contribution in [0.3, 0.4) is 0 Å². The lowest BCUT2D eigenvalue weighted by atomic mass is 9.96. The van der Waals surface area contributed by atoms with Crippen molar-refractivity contribution in [1.82, 2.24) is 43.3 Å². The Balaban J connectivity index is 1.10. The molecule has 1 aliphatic carbocycles. The third kappa shape index (κ3) is 6.84. The van der Waals surface area contributed by atoms with Crippen molar-refractivity contribution in [3.05, 3.63) is 128 Å². The maximum absolute atomic E-state index is 15.4. The predicted octanol–water partition coefficient (Wildman–Crippen LogP) is 6.83. The number of hydrogen-bond acceptors (Lipinski definition) is 10. The zero-order chi connectivity index (χ0) is 45.5. The number of hydrogen-bond donors (Lipinski definition) is 2. The standard InChI is InChI=1S/C47H52FN10O6P/c1-7-65(62,8-2)36-10-9-32(25-35(36)49-6)55-17-18-57(46(55)61)41-39(31-23-27(3)38(48)28(4)24-31)52-58-20-19-54(29(5)40(41)58)43(59)33-26-37-50-34(30-12-21-63-22-13-30)11-16-56(37)42(33)47(14-15-47)44-51-45(60)64-53-44/h9-11,16-18,23-26,29-30,49H,7-8,12-15,19-22H2,1-6H3,(H,51,53,60)/t29-/m0/s1. The number of ether oxygens (including phenoxy) is 1. The van der Waals surface area contributed by atoms with Crippen molar-refractivity contribution in [2.75, 3.05) is 44.4 Å². The van der Waals surface area contributed by atoms with Gasteiger partial charge in [0.15, 0.2) is 5.82 Å². The van der Waals surface area contributed by atoms with E-state index < -0.39 is 24.4 Å². The first-order chi connectivity index (χ1) is 31.3. The van der Waals surface area contributed by atoms with Gasteiger partial charge in [0, 0.05) is 85.9 Å². The minimum atomic E-state index is -2.65. The molecule has 7 heterocycles. The summed E-state index contributed by atoms with van der Waals surface area (Å²) in [5, 5.41) is 13.2. The van der Waals surface area contributed by atoms with E-state index >= 15 is 9.18 Å². The van der Waals surface area contributed by atoms with Crippen molar-refractivity contribution in [2.45, 2.75) is 84.2 Å². The summed E-state index contributed by atoms with van der Waals surface area (Å²) in [5.41, 5.74) is 5.81. The molecule has 1 atom stereocenters. The molecule has 1 saturated heterocycles. The Morgan fingerprint density at radius 3 is 2.37 bits per heavy atom. The number of H-pyrrole nitrogens is 1. The number of aryl methyl sites for hydroxylation is 2. The van der Waals surface area contributed by atoms with Crippen LogP contribution >= 0.6 is 7.14 Å². The third-order valence-electron chi connectivity index (χ3n) is 14.0. The number of rotatable bonds is 11. The number of aromatic amines is 1. The first-order valence-electron chi connectivity index (χ1n) is 22.4. The van der Waals surface area contributed by atoms with Gasteiger partial charge >= 0.3 is 11.4 Å². The Bertz CT molecular complexity index is 3170. The number of benzene rings is 2. The summed E-state index contributed by atoms with van der Waals surface area (Å²) in [4.78, 5) is 52.2. The van der Waals surface area contributed by atoms with Crippen LogP contribution in [-0.2, 0) is 21.3 Å². The lowest BCUT2D eigenvalue weighted by Crippen LogP contribution is -2.42. The molecule has 10 rings (SSSR count). The number of nitrogens with one attached hydrogen (secondary N) is 2. The van der Waals surface area contributed by atoms with Gasteiger partial charge in [-0.15, -0.1) is 0 Å². The van der Waals surface area contributed by atoms with E-state index in [-0.39, 0.29) is 23.3 Å². The molecule has 16 nitrogen and oxygen atoms in total. The SMILES string of the molecule is CCP(=O)(CC)c1ccc(-n2ccn(-c3c(-c4cc(C)c(F)c(C)c4)nn4c3[C@H](C)N(C(=O)c3cc5nc(C6CCOCC6)ccn5c3C3(c5noc(=O)[nH]5)CC3)CC4)c2=O)cc1NC. The van der Waals surface area contributed by atoms with Crippen molar-refractivity contribution < 1.29 is 23.0 Å². The number of aromatic nitrogens is 8. The van der Waals surface area contributed by atoms with E-state index in [2.05, 4.69) is 15.5 Å². The summed E-state index contributed by atoms with van der Waals surface area (Å²) >= 11 is 0. The Kier molecular flexibility index (Phi) is 10.5. The molecule has 338 valence electrons. The number of carbonyl (C=O) groups is 1. The molecular weight excluding hydrogens is 851 g/mol. The van der Waals surface area contributed by atoms with Gasteiger partial charge in [-0.3, -0.25) is 28.1 Å². The molecule has 0 unspecified atom stereocenters. The van der Waals surface area contributed by atoms with Gasteiger partial charge in [-0.25, -0.2) is 19.0 Å². The molecule has 2 fully saturated rings. The highest BCUT2D eigenvalue weighted by atomic mass is 31.2. The van der Waals surface area contributed by atoms with Gasteiger partial charge in [0.1, 0.15) is 30.0 Å². The van der Waals surface area contributed by atoms with E-state index in [1.54, 1.807) is 54.9 Å². The second-order valence-electron chi connectivity index (χ2n) is 17.6. The number of nitrogens with zero attached hydrogens (tertiary/aromatic N) is 8. The fraction of sp³-hybridized carbons (Fsp3) is 0.404. The fourth-order valence-corrected chi connectivity index (χ4v) is 12.3. The monoisotopic (exact) mass is 902 g/mol. The van der Waals surface area contributed by atoms with Crippen molar-refractivity contribution in [2.24, 2.45) is 0 Å². The number of fused-ring (bicyclic) bond motifs is 2. The summed E-state index contributed by atoms with van der Waals surface area (Å²) in [6.07, 6.45) is 9.33. The molecular formula is C47H52FN10O6P. The van der Waals surface area contributed by atoms with Crippen molar-refractivity contribution in [3.63, 3.8) is 0 Å². The largest absolute Gasteiger partial charge is 0.438 e. The highest BCUT2D eigenvalue weighted by molar-refractivity contribution is 7.71. The van der Waals surface area contributed by atoms with Crippen LogP contribution in [0.2, 0.25) is 0 Å². The normalized spacial score (nSPS) is 17.5. The maximum Gasteiger partial charge on any atom is 0.438 e. The lowest BCUT2D eigenvalue weighted by Gasteiger charge is -2.35. The van der Waals surface area contributed by atoms with E-state index in [0.717, 1.165) is 23.8 Å². The molecule has 2 N–H and O–H groups in total. The minimum absolute atomic E-state index is 0.223. The zero-order valence-corrected chi connectivity index (χ0v) is 38.2. The molecule has 7 aromatic rings. The molecule has 5 aromatic heterocycles. The third-order valence-corrected chi connectivity index (χ3v) is 17.3. The molecule has 1 amide bonds. The van der Waals surface area contributed by atoms with Crippen molar-refractivity contribution in [1.29, 1.82) is 0 Å². The van der Waals surface area contributed by atoms with Crippen LogP contribution in [0.15, 0.2) is 75.2 Å². The number of anilines is 1. The molecule has 3 aliphatic rings. The Morgan fingerprint density at radius 2 is 1.71 bits per heavy atom. The topological polar surface area (TPSA) is 180 Å². The molecule has 18 heteroatoms. The quantitative estimate of drug-likeness (QED) is 0.131. The summed E-state index contributed by atoms with van der Waals surface area (Å²) in [5.74, 6) is -0.662. The summed E-state index contributed by atoms with van der Waals surface area (Å²) in [6, 6.07) is 12.2. The van der Waals surface area contributed by atoms with Gasteiger partial charge in [0.2, 0.25) is 0 Å². The van der Waals surface area contributed by atoms with Gasteiger partial charge in [-0.1, -0.05) is 19.0 Å². The van der Waals surface area contributed by atoms with Gasteiger partial charge in [-0.05, 0) is 100 Å². The molecule has 0 bridgehead atoms. The summed E-state index contributed by atoms with van der Waals surface area (Å²) in [6.45, 7) is 11.1. The Labute approximate surface area is 373 Å². The van der Waals surface area contributed by atoms with Crippen LogP contribution in [0.4, 0.5) is 10.1 Å². The Hall–Kier alpha value is -6.32. The molecule has 2 aliphatic heterocycles. The van der Waals surface area contributed by atoms with Crippen LogP contribution in [0.1, 0.15) is 103 Å². The number of imidazole rings is 1. The molecule has 0 radical (unpaired) electrons. The molecule has 1 saturated carbocycles. The second kappa shape index (κ2) is 16.0. The summed E-state index contributed by atoms with van der Waals surface area (Å²) < 4.78 is 46.5. The number of amides is 1. The molecule has 0 spiro atoms. The van der Waals surface area contributed by atoms with Crippen LogP contribution in [0.25, 0.3) is 28.3 Å². The highest BCUT2D eigenvalue weighted by Crippen LogP contribution is 2.54. The summed E-state index contributed by atoms with van der Waals surface area (Å²) in [7, 11) is -0.874. The first-order valence-corrected chi connectivity index (χ1v) is 24.4. The second-order valence-corrected chi connectivity index (χ2v) is 21.1. The van der Waals surface area contributed by atoms with E-state index in [0.29, 0.717) is 119 Å². The van der Waals surface area contributed by atoms with Crippen molar-refractivity contribution in [3.8, 4) is 22.6 Å². The van der Waals surface area contributed by atoms with Crippen LogP contribution in [0, 0.1) is 19.7 Å². The lowest BCUT2D eigenvalue weighted by molar-refractivity contribution is 0.0635. The van der Waals surface area contributed by atoms with Gasteiger partial charge < -0.3 is 23.9 Å². The highest BCUT2D eigenvalue weighted by Gasteiger charge is 2.54. The van der Waals surface area contributed by atoms with Crippen LogP contribution in [0.5, 0.6) is 0 Å². The minimum Gasteiger partial charge on any atom is -0.387 e. The van der Waals surface area contributed by atoms with Crippen LogP contribution in [-0.4, -0.2) is 88.4 Å². The molecule has 2 aromatic carbocycles. The van der Waals surface area contributed by atoms with Crippen LogP contribution < -0.4 is 22.1 Å². The average molecular weight is 903 g/mol. The van der Waals surface area contributed by atoms with E-state index in [1.165, 1.54) is 4.57 Å². The number of carbonyl (C=O) groups excluding carboxylic acids is 1. The van der Waals surface area contributed by atoms with Gasteiger partial charge in [-0.2, -0.15) is 5.10 Å². The van der Waals surface area contributed by atoms with Gasteiger partial charge in [0.05, 0.1) is 40.6 Å². The van der Waals surface area contributed by atoms with E-state index in [4.69, 9.17) is 19.3 Å². The average Bonchev–Trinajstić information content (AvgIpc) is 3.60. The van der Waals surface area contributed by atoms with Crippen molar-refractivity contribution >= 4 is 29.7 Å². The van der Waals surface area contributed by atoms with E-state index in [1.807, 2.05) is 66.4 Å². The zero-order valence-electron chi connectivity index (χ0n) is 37.4. The predicted molar refractivity (Wildman–Crippen MR) is 244 cm³/mol. The smallest absolute Gasteiger partial charge is 0.387 e. The first kappa shape index (κ1) is 42.6. The Morgan fingerprint density at radius 1 is 0.985 bits per heavy atom. The van der Waals surface area contributed by atoms with Gasteiger partial charge in [0.25, 0.3) is 5.91 Å². The maximum atomic E-state index is 15.4. The fourth-order valence-electron chi connectivity index (χ4n) is 10.2.